The van der Waals surface area contributed by atoms with Crippen LogP contribution in [-0.2, 0) is 6.42 Å². The molecule has 2 N–H and O–H groups in total. The first kappa shape index (κ1) is 12.3. The number of hydrogen-bond donors (Lipinski definition) is 1. The predicted molar refractivity (Wildman–Crippen MR) is 77.0 cm³/mol. The van der Waals surface area contributed by atoms with Gasteiger partial charge in [0.25, 0.3) is 0 Å². The van der Waals surface area contributed by atoms with Crippen LogP contribution in [0.25, 0.3) is 10.0 Å². The van der Waals surface area contributed by atoms with Gasteiger partial charge in [-0.3, -0.25) is 0 Å². The van der Waals surface area contributed by atoms with Gasteiger partial charge in [-0.05, 0) is 25.2 Å². The lowest BCUT2D eigenvalue weighted by molar-refractivity contribution is 0.282. The number of rotatable bonds is 1. The first-order valence-corrected chi connectivity index (χ1v) is 7.82. The van der Waals surface area contributed by atoms with Crippen molar-refractivity contribution in [2.24, 2.45) is 11.1 Å². The summed E-state index contributed by atoms with van der Waals surface area (Å²) >= 11 is 3.39. The Labute approximate surface area is 115 Å². The maximum absolute atomic E-state index is 6.27. The molecule has 0 amide bonds. The summed E-state index contributed by atoms with van der Waals surface area (Å²) in [6.07, 6.45) is 2.06. The van der Waals surface area contributed by atoms with Crippen molar-refractivity contribution in [3.63, 3.8) is 0 Å². The lowest BCUT2D eigenvalue weighted by atomic mass is 9.77. The van der Waals surface area contributed by atoms with E-state index in [1.54, 1.807) is 22.7 Å². The van der Waals surface area contributed by atoms with Crippen molar-refractivity contribution in [2.75, 3.05) is 0 Å². The van der Waals surface area contributed by atoms with Crippen LogP contribution in [-0.4, -0.2) is 9.97 Å². The molecule has 0 aromatic carbocycles. The summed E-state index contributed by atoms with van der Waals surface area (Å²) in [5.74, 6) is 0. The third kappa shape index (κ3) is 2.11. The molecular formula is C13H17N3S2. The molecule has 0 aliphatic heterocycles. The Kier molecular flexibility index (Phi) is 2.80. The van der Waals surface area contributed by atoms with Crippen LogP contribution in [0.15, 0.2) is 5.38 Å². The van der Waals surface area contributed by atoms with Crippen molar-refractivity contribution in [1.29, 1.82) is 0 Å². The molecular weight excluding hydrogens is 262 g/mol. The smallest absolute Gasteiger partial charge is 0.152 e. The van der Waals surface area contributed by atoms with Crippen LogP contribution in [0.5, 0.6) is 0 Å². The molecule has 0 bridgehead atoms. The minimum absolute atomic E-state index is 0.135. The Bertz CT molecular complexity index is 583. The van der Waals surface area contributed by atoms with Gasteiger partial charge in [-0.2, -0.15) is 0 Å². The highest BCUT2D eigenvalue weighted by atomic mass is 32.1. The zero-order chi connectivity index (χ0) is 12.9. The average Bonchev–Trinajstić information content (AvgIpc) is 2.82. The third-order valence-corrected chi connectivity index (χ3v) is 5.62. The van der Waals surface area contributed by atoms with E-state index in [2.05, 4.69) is 24.2 Å². The topological polar surface area (TPSA) is 51.8 Å². The molecule has 96 valence electrons. The maximum Gasteiger partial charge on any atom is 0.152 e. The minimum atomic E-state index is 0.135. The summed E-state index contributed by atoms with van der Waals surface area (Å²) in [6, 6.07) is 0.135. The van der Waals surface area contributed by atoms with Gasteiger partial charge in [0.2, 0.25) is 0 Å². The van der Waals surface area contributed by atoms with E-state index in [1.165, 1.54) is 10.6 Å². The molecule has 2 heterocycles. The molecule has 0 saturated heterocycles. The zero-order valence-electron chi connectivity index (χ0n) is 10.9. The van der Waals surface area contributed by atoms with Crippen LogP contribution in [0.3, 0.4) is 0 Å². The maximum atomic E-state index is 6.27. The van der Waals surface area contributed by atoms with Crippen LogP contribution >= 0.6 is 22.7 Å². The van der Waals surface area contributed by atoms with Crippen LogP contribution in [0, 0.1) is 12.3 Å². The molecule has 3 rings (SSSR count). The Hall–Kier alpha value is -0.780. The van der Waals surface area contributed by atoms with Gasteiger partial charge in [-0.15, -0.1) is 22.7 Å². The monoisotopic (exact) mass is 279 g/mol. The van der Waals surface area contributed by atoms with E-state index < -0.39 is 0 Å². The fourth-order valence-electron chi connectivity index (χ4n) is 2.54. The Morgan fingerprint density at radius 2 is 2.11 bits per heavy atom. The van der Waals surface area contributed by atoms with Gasteiger partial charge < -0.3 is 5.73 Å². The molecule has 0 spiro atoms. The summed E-state index contributed by atoms with van der Waals surface area (Å²) < 4.78 is 0. The molecule has 18 heavy (non-hydrogen) atoms. The van der Waals surface area contributed by atoms with Gasteiger partial charge in [-0.25, -0.2) is 9.97 Å². The summed E-state index contributed by atoms with van der Waals surface area (Å²) in [7, 11) is 0. The molecule has 1 atom stereocenters. The van der Waals surface area contributed by atoms with Gasteiger partial charge in [-0.1, -0.05) is 13.8 Å². The molecule has 1 unspecified atom stereocenters. The van der Waals surface area contributed by atoms with Crippen LogP contribution in [0.4, 0.5) is 0 Å². The largest absolute Gasteiger partial charge is 0.323 e. The molecule has 0 saturated carbocycles. The highest BCUT2D eigenvalue weighted by Crippen LogP contribution is 2.43. The van der Waals surface area contributed by atoms with E-state index in [4.69, 9.17) is 10.7 Å². The van der Waals surface area contributed by atoms with E-state index >= 15 is 0 Å². The van der Waals surface area contributed by atoms with E-state index in [9.17, 15) is 0 Å². The van der Waals surface area contributed by atoms with Crippen molar-refractivity contribution in [3.05, 3.63) is 21.6 Å². The Balaban J connectivity index is 2.02. The molecule has 2 aromatic rings. The molecule has 1 aliphatic carbocycles. The summed E-state index contributed by atoms with van der Waals surface area (Å²) in [5, 5.41) is 4.13. The molecule has 1 aliphatic rings. The van der Waals surface area contributed by atoms with Crippen molar-refractivity contribution < 1.29 is 0 Å². The van der Waals surface area contributed by atoms with Gasteiger partial charge in [0.1, 0.15) is 0 Å². The molecule has 2 aromatic heterocycles. The minimum Gasteiger partial charge on any atom is -0.323 e. The van der Waals surface area contributed by atoms with Gasteiger partial charge in [0.05, 0.1) is 5.69 Å². The van der Waals surface area contributed by atoms with Crippen LogP contribution in [0.2, 0.25) is 0 Å². The molecule has 0 fully saturated rings. The van der Waals surface area contributed by atoms with Gasteiger partial charge in [0.15, 0.2) is 10.0 Å². The first-order valence-electron chi connectivity index (χ1n) is 6.12. The van der Waals surface area contributed by atoms with E-state index in [0.29, 0.717) is 0 Å². The number of aromatic nitrogens is 2. The number of nitrogens with zero attached hydrogens (tertiary/aromatic N) is 2. The fourth-order valence-corrected chi connectivity index (χ4v) is 4.45. The second kappa shape index (κ2) is 4.11. The highest BCUT2D eigenvalue weighted by molar-refractivity contribution is 7.20. The number of aryl methyl sites for hydroxylation is 1. The second-order valence-corrected chi connectivity index (χ2v) is 7.66. The van der Waals surface area contributed by atoms with Crippen LogP contribution in [0.1, 0.15) is 42.6 Å². The third-order valence-electron chi connectivity index (χ3n) is 3.28. The number of thiazole rings is 2. The normalized spacial score (nSPS) is 21.9. The molecule has 0 radical (unpaired) electrons. The van der Waals surface area contributed by atoms with Crippen molar-refractivity contribution in [2.45, 2.75) is 39.7 Å². The standard InChI is InChI=1S/C13H17N3S2/c1-7-6-17-11(15-7)12-16-9-5-13(2,3)4-8(14)10(9)18-12/h6,8H,4-5,14H2,1-3H3. The van der Waals surface area contributed by atoms with Crippen molar-refractivity contribution in [3.8, 4) is 10.0 Å². The summed E-state index contributed by atoms with van der Waals surface area (Å²) in [5.41, 5.74) is 8.78. The fraction of sp³-hybridized carbons (Fsp3) is 0.538. The van der Waals surface area contributed by atoms with E-state index in [0.717, 1.165) is 28.6 Å². The Morgan fingerprint density at radius 3 is 2.78 bits per heavy atom. The van der Waals surface area contributed by atoms with E-state index in [1.807, 2.05) is 6.92 Å². The average molecular weight is 279 g/mol. The van der Waals surface area contributed by atoms with Crippen molar-refractivity contribution >= 4 is 22.7 Å². The SMILES string of the molecule is Cc1csc(-c2nc3c(s2)C(N)CC(C)(C)C3)n1. The number of fused-ring (bicyclic) bond motifs is 1. The zero-order valence-corrected chi connectivity index (χ0v) is 12.5. The second-order valence-electron chi connectivity index (χ2n) is 5.78. The quantitative estimate of drug-likeness (QED) is 0.868. The van der Waals surface area contributed by atoms with Crippen molar-refractivity contribution in [1.82, 2.24) is 9.97 Å². The molecule has 3 nitrogen and oxygen atoms in total. The number of nitrogens with two attached hydrogens (primary N) is 1. The lowest BCUT2D eigenvalue weighted by Crippen LogP contribution is -2.28. The number of hydrogen-bond acceptors (Lipinski definition) is 5. The van der Waals surface area contributed by atoms with Crippen LogP contribution < -0.4 is 5.73 Å². The highest BCUT2D eigenvalue weighted by Gasteiger charge is 2.33. The summed E-state index contributed by atoms with van der Waals surface area (Å²) in [6.45, 7) is 6.55. The van der Waals surface area contributed by atoms with Gasteiger partial charge >= 0.3 is 0 Å². The summed E-state index contributed by atoms with van der Waals surface area (Å²) in [4.78, 5) is 10.5. The lowest BCUT2D eigenvalue weighted by Gasteiger charge is -2.32. The predicted octanol–water partition coefficient (Wildman–Crippen LogP) is 3.55. The Morgan fingerprint density at radius 1 is 1.33 bits per heavy atom. The van der Waals surface area contributed by atoms with E-state index in [-0.39, 0.29) is 11.5 Å². The van der Waals surface area contributed by atoms with Gasteiger partial charge in [0, 0.05) is 22.0 Å². The molecule has 5 heteroatoms. The first-order chi connectivity index (χ1) is 8.44.